The molecule has 0 aliphatic heterocycles. The number of amides is 1. The minimum atomic E-state index is -0.183. The molecule has 0 saturated carbocycles. The summed E-state index contributed by atoms with van der Waals surface area (Å²) in [7, 11) is 0. The van der Waals surface area contributed by atoms with Crippen molar-refractivity contribution in [1.82, 2.24) is 15.3 Å². The molecule has 1 aromatic carbocycles. The Labute approximate surface area is 134 Å². The number of pyridine rings is 1. The van der Waals surface area contributed by atoms with E-state index in [1.54, 1.807) is 6.20 Å². The van der Waals surface area contributed by atoms with Crippen molar-refractivity contribution >= 4 is 16.9 Å². The fourth-order valence-corrected chi connectivity index (χ4v) is 2.71. The molecule has 0 spiro atoms. The van der Waals surface area contributed by atoms with E-state index in [4.69, 9.17) is 0 Å². The van der Waals surface area contributed by atoms with Crippen LogP contribution in [0.2, 0.25) is 0 Å². The van der Waals surface area contributed by atoms with Crippen LogP contribution in [0.5, 0.6) is 0 Å². The molecule has 1 amide bonds. The van der Waals surface area contributed by atoms with Crippen molar-refractivity contribution in [3.63, 3.8) is 0 Å². The zero-order valence-corrected chi connectivity index (χ0v) is 12.7. The summed E-state index contributed by atoms with van der Waals surface area (Å²) in [6.45, 7) is 0.0246. The monoisotopic (exact) mass is 309 g/mol. The van der Waals surface area contributed by atoms with Gasteiger partial charge in [-0.2, -0.15) is 0 Å². The molecule has 23 heavy (non-hydrogen) atoms. The van der Waals surface area contributed by atoms with E-state index in [-0.39, 0.29) is 25.0 Å². The number of benzene rings is 1. The summed E-state index contributed by atoms with van der Waals surface area (Å²) in [6.07, 6.45) is 4.31. The Hall–Kier alpha value is -2.66. The van der Waals surface area contributed by atoms with Gasteiger partial charge in [0.05, 0.1) is 12.5 Å². The lowest BCUT2D eigenvalue weighted by Crippen LogP contribution is -2.30. The van der Waals surface area contributed by atoms with Gasteiger partial charge in [-0.1, -0.05) is 30.3 Å². The van der Waals surface area contributed by atoms with E-state index in [0.29, 0.717) is 6.42 Å². The number of rotatable bonds is 6. The predicted octanol–water partition coefficient (Wildman–Crippen LogP) is 2.35. The maximum Gasteiger partial charge on any atom is 0.224 e. The molecule has 0 radical (unpaired) electrons. The lowest BCUT2D eigenvalue weighted by atomic mass is 10.0. The molecule has 3 aromatic rings. The topological polar surface area (TPSA) is 78.0 Å². The standard InChI is InChI=1S/C18H19N3O2/c22-10-8-16(13-5-2-1-3-6-13)21-17(23)11-14-12-20-18-15(14)7-4-9-19-18/h1-7,9,12,16,22H,8,10-11H2,(H,19,20)(H,21,23). The average Bonchev–Trinajstić information content (AvgIpc) is 2.98. The van der Waals surface area contributed by atoms with Crippen LogP contribution in [0.15, 0.2) is 54.9 Å². The van der Waals surface area contributed by atoms with Crippen molar-refractivity contribution in [2.24, 2.45) is 0 Å². The fraction of sp³-hybridized carbons (Fsp3) is 0.222. The molecule has 5 nitrogen and oxygen atoms in total. The van der Waals surface area contributed by atoms with Crippen LogP contribution in [0.25, 0.3) is 11.0 Å². The highest BCUT2D eigenvalue weighted by Crippen LogP contribution is 2.19. The van der Waals surface area contributed by atoms with Gasteiger partial charge in [0.1, 0.15) is 5.65 Å². The molecule has 118 valence electrons. The summed E-state index contributed by atoms with van der Waals surface area (Å²) in [4.78, 5) is 19.7. The quantitative estimate of drug-likeness (QED) is 0.654. The average molecular weight is 309 g/mol. The first-order valence-electron chi connectivity index (χ1n) is 7.64. The number of aromatic amines is 1. The molecule has 3 N–H and O–H groups in total. The number of H-pyrrole nitrogens is 1. The van der Waals surface area contributed by atoms with Gasteiger partial charge in [0.15, 0.2) is 0 Å². The maximum absolute atomic E-state index is 12.4. The van der Waals surface area contributed by atoms with Gasteiger partial charge in [-0.3, -0.25) is 4.79 Å². The zero-order chi connectivity index (χ0) is 16.1. The van der Waals surface area contributed by atoms with Crippen LogP contribution in [0.1, 0.15) is 23.6 Å². The second kappa shape index (κ2) is 7.07. The number of hydrogen-bond acceptors (Lipinski definition) is 3. The van der Waals surface area contributed by atoms with E-state index in [2.05, 4.69) is 15.3 Å². The van der Waals surface area contributed by atoms with E-state index >= 15 is 0 Å². The minimum absolute atomic E-state index is 0.0246. The van der Waals surface area contributed by atoms with Crippen molar-refractivity contribution in [1.29, 1.82) is 0 Å². The zero-order valence-electron chi connectivity index (χ0n) is 12.7. The summed E-state index contributed by atoms with van der Waals surface area (Å²) >= 11 is 0. The Morgan fingerprint density at radius 3 is 2.83 bits per heavy atom. The summed E-state index contributed by atoms with van der Waals surface area (Å²) < 4.78 is 0. The van der Waals surface area contributed by atoms with Crippen LogP contribution in [0.3, 0.4) is 0 Å². The van der Waals surface area contributed by atoms with Crippen LogP contribution in [-0.4, -0.2) is 27.6 Å². The number of carbonyl (C=O) groups is 1. The highest BCUT2D eigenvalue weighted by molar-refractivity contribution is 5.87. The smallest absolute Gasteiger partial charge is 0.224 e. The Kier molecular flexibility index (Phi) is 4.68. The minimum Gasteiger partial charge on any atom is -0.396 e. The molecule has 0 aliphatic rings. The Balaban J connectivity index is 1.72. The SMILES string of the molecule is O=C(Cc1c[nH]c2ncccc12)NC(CCO)c1ccccc1. The molecule has 0 bridgehead atoms. The molecule has 1 unspecified atom stereocenters. The van der Waals surface area contributed by atoms with Crippen molar-refractivity contribution in [2.75, 3.05) is 6.61 Å². The van der Waals surface area contributed by atoms with Gasteiger partial charge >= 0.3 is 0 Å². The van der Waals surface area contributed by atoms with Crippen LogP contribution in [0, 0.1) is 0 Å². The van der Waals surface area contributed by atoms with Gasteiger partial charge in [0, 0.05) is 24.4 Å². The first kappa shape index (κ1) is 15.2. The lowest BCUT2D eigenvalue weighted by molar-refractivity contribution is -0.121. The normalized spacial score (nSPS) is 12.2. The van der Waals surface area contributed by atoms with Gasteiger partial charge in [0.25, 0.3) is 0 Å². The van der Waals surface area contributed by atoms with Gasteiger partial charge in [-0.05, 0) is 29.7 Å². The first-order valence-corrected chi connectivity index (χ1v) is 7.64. The highest BCUT2D eigenvalue weighted by atomic mass is 16.3. The third-order valence-corrected chi connectivity index (χ3v) is 3.84. The second-order valence-electron chi connectivity index (χ2n) is 5.43. The fourth-order valence-electron chi connectivity index (χ4n) is 2.71. The third kappa shape index (κ3) is 3.57. The summed E-state index contributed by atoms with van der Waals surface area (Å²) in [5.41, 5.74) is 2.70. The van der Waals surface area contributed by atoms with E-state index in [9.17, 15) is 9.90 Å². The number of aliphatic hydroxyl groups is 1. The molecule has 3 rings (SSSR count). The predicted molar refractivity (Wildman–Crippen MR) is 88.8 cm³/mol. The van der Waals surface area contributed by atoms with Gasteiger partial charge in [-0.15, -0.1) is 0 Å². The van der Waals surface area contributed by atoms with Gasteiger partial charge in [-0.25, -0.2) is 4.98 Å². The largest absolute Gasteiger partial charge is 0.396 e. The Bertz CT molecular complexity index is 783. The lowest BCUT2D eigenvalue weighted by Gasteiger charge is -2.18. The number of nitrogens with zero attached hydrogens (tertiary/aromatic N) is 1. The first-order chi connectivity index (χ1) is 11.3. The number of carbonyl (C=O) groups excluding carboxylic acids is 1. The third-order valence-electron chi connectivity index (χ3n) is 3.84. The van der Waals surface area contributed by atoms with Crippen molar-refractivity contribution in [2.45, 2.75) is 18.9 Å². The molecule has 2 heterocycles. The Morgan fingerprint density at radius 1 is 1.22 bits per heavy atom. The summed E-state index contributed by atoms with van der Waals surface area (Å²) in [6, 6.07) is 13.3. The van der Waals surface area contributed by atoms with Gasteiger partial charge in [0.2, 0.25) is 5.91 Å². The van der Waals surface area contributed by atoms with Crippen LogP contribution in [0.4, 0.5) is 0 Å². The van der Waals surface area contributed by atoms with E-state index in [1.165, 1.54) is 0 Å². The molecule has 0 aliphatic carbocycles. The van der Waals surface area contributed by atoms with E-state index < -0.39 is 0 Å². The van der Waals surface area contributed by atoms with Crippen molar-refractivity contribution < 1.29 is 9.90 Å². The van der Waals surface area contributed by atoms with Crippen LogP contribution in [-0.2, 0) is 11.2 Å². The molecule has 0 saturated heterocycles. The van der Waals surface area contributed by atoms with Crippen LogP contribution >= 0.6 is 0 Å². The molecular weight excluding hydrogens is 290 g/mol. The number of hydrogen-bond donors (Lipinski definition) is 3. The Morgan fingerprint density at radius 2 is 2.04 bits per heavy atom. The molecule has 0 fully saturated rings. The van der Waals surface area contributed by atoms with Crippen molar-refractivity contribution in [3.05, 3.63) is 66.0 Å². The summed E-state index contributed by atoms with van der Waals surface area (Å²) in [5, 5.41) is 13.2. The molecule has 5 heteroatoms. The number of aromatic nitrogens is 2. The van der Waals surface area contributed by atoms with Crippen molar-refractivity contribution in [3.8, 4) is 0 Å². The number of aliphatic hydroxyl groups excluding tert-OH is 1. The highest BCUT2D eigenvalue weighted by Gasteiger charge is 2.15. The van der Waals surface area contributed by atoms with Gasteiger partial charge < -0.3 is 15.4 Å². The van der Waals surface area contributed by atoms with Crippen LogP contribution < -0.4 is 5.32 Å². The molecular formula is C18H19N3O2. The van der Waals surface area contributed by atoms with E-state index in [1.807, 2.05) is 48.7 Å². The molecule has 2 aromatic heterocycles. The second-order valence-corrected chi connectivity index (χ2v) is 5.43. The molecule has 1 atom stereocenters. The van der Waals surface area contributed by atoms with E-state index in [0.717, 1.165) is 22.2 Å². The number of fused-ring (bicyclic) bond motifs is 1. The summed E-state index contributed by atoms with van der Waals surface area (Å²) in [5.74, 6) is -0.0722. The maximum atomic E-state index is 12.4. The number of nitrogens with one attached hydrogen (secondary N) is 2.